The summed E-state index contributed by atoms with van der Waals surface area (Å²) in [7, 11) is 1.85. The number of hydrogen-bond donors (Lipinski definition) is 0. The van der Waals surface area contributed by atoms with Crippen LogP contribution in [0.2, 0.25) is 0 Å². The average Bonchev–Trinajstić information content (AvgIpc) is 2.96. The van der Waals surface area contributed by atoms with E-state index in [2.05, 4.69) is 13.8 Å². The largest absolute Gasteiger partial charge is 0.342 e. The van der Waals surface area contributed by atoms with Crippen LogP contribution in [0.4, 0.5) is 0 Å². The van der Waals surface area contributed by atoms with Gasteiger partial charge in [-0.25, -0.2) is 0 Å². The molecule has 1 fully saturated rings. The molecule has 0 spiro atoms. The second kappa shape index (κ2) is 8.14. The van der Waals surface area contributed by atoms with Gasteiger partial charge in [0.25, 0.3) is 0 Å². The third kappa shape index (κ3) is 5.38. The van der Waals surface area contributed by atoms with Crippen molar-refractivity contribution in [3.05, 3.63) is 35.9 Å². The van der Waals surface area contributed by atoms with Crippen molar-refractivity contribution in [1.82, 2.24) is 9.80 Å². The van der Waals surface area contributed by atoms with Gasteiger partial charge in [-0.1, -0.05) is 44.2 Å². The number of benzene rings is 1. The van der Waals surface area contributed by atoms with Crippen LogP contribution in [0.25, 0.3) is 0 Å². The standard InChI is InChI=1S/C19H28N2O2/c1-15(2)11-19(23)21-10-9-17(14-21)12-18(22)20(3)13-16-7-5-4-6-8-16/h4-8,15,17H,9-14H2,1-3H3/t17-/m1/s1. The number of rotatable bonds is 6. The Morgan fingerprint density at radius 2 is 1.96 bits per heavy atom. The van der Waals surface area contributed by atoms with Crippen LogP contribution in [0.1, 0.15) is 38.7 Å². The molecule has 2 rings (SSSR count). The van der Waals surface area contributed by atoms with E-state index >= 15 is 0 Å². The molecule has 1 aromatic carbocycles. The number of amides is 2. The molecule has 1 saturated heterocycles. The lowest BCUT2D eigenvalue weighted by Gasteiger charge is -2.20. The van der Waals surface area contributed by atoms with Crippen molar-refractivity contribution in [3.63, 3.8) is 0 Å². The van der Waals surface area contributed by atoms with E-state index in [0.717, 1.165) is 25.1 Å². The minimum atomic E-state index is 0.164. The van der Waals surface area contributed by atoms with Gasteiger partial charge in [0.2, 0.25) is 11.8 Å². The molecule has 0 radical (unpaired) electrons. The summed E-state index contributed by atoms with van der Waals surface area (Å²) in [5, 5.41) is 0. The quantitative estimate of drug-likeness (QED) is 0.809. The summed E-state index contributed by atoms with van der Waals surface area (Å²) >= 11 is 0. The van der Waals surface area contributed by atoms with Crippen LogP contribution in [0, 0.1) is 11.8 Å². The molecule has 4 nitrogen and oxygen atoms in total. The zero-order valence-corrected chi connectivity index (χ0v) is 14.5. The van der Waals surface area contributed by atoms with Crippen molar-refractivity contribution < 1.29 is 9.59 Å². The molecule has 1 aliphatic heterocycles. The van der Waals surface area contributed by atoms with Gasteiger partial charge < -0.3 is 9.80 Å². The topological polar surface area (TPSA) is 40.6 Å². The summed E-state index contributed by atoms with van der Waals surface area (Å²) in [5.41, 5.74) is 1.14. The Hall–Kier alpha value is -1.84. The molecule has 126 valence electrons. The van der Waals surface area contributed by atoms with E-state index in [1.54, 1.807) is 4.90 Å². The minimum Gasteiger partial charge on any atom is -0.342 e. The van der Waals surface area contributed by atoms with E-state index in [0.29, 0.717) is 31.2 Å². The number of nitrogens with zero attached hydrogens (tertiary/aromatic N) is 2. The summed E-state index contributed by atoms with van der Waals surface area (Å²) in [4.78, 5) is 28.2. The zero-order chi connectivity index (χ0) is 16.8. The molecule has 2 amide bonds. The van der Waals surface area contributed by atoms with Gasteiger partial charge in [0.05, 0.1) is 0 Å². The van der Waals surface area contributed by atoms with Crippen molar-refractivity contribution in [2.45, 2.75) is 39.7 Å². The molecule has 1 aliphatic rings. The van der Waals surface area contributed by atoms with Crippen LogP contribution in [-0.4, -0.2) is 41.8 Å². The van der Waals surface area contributed by atoms with Gasteiger partial charge in [0.1, 0.15) is 0 Å². The van der Waals surface area contributed by atoms with Crippen LogP contribution >= 0.6 is 0 Å². The highest BCUT2D eigenvalue weighted by atomic mass is 16.2. The lowest BCUT2D eigenvalue weighted by atomic mass is 10.0. The molecular formula is C19H28N2O2. The van der Waals surface area contributed by atoms with Crippen LogP contribution in [0.3, 0.4) is 0 Å². The molecule has 1 aromatic rings. The smallest absolute Gasteiger partial charge is 0.222 e. The minimum absolute atomic E-state index is 0.164. The summed E-state index contributed by atoms with van der Waals surface area (Å²) in [6.07, 6.45) is 2.08. The molecule has 0 bridgehead atoms. The maximum atomic E-state index is 12.4. The highest BCUT2D eigenvalue weighted by Gasteiger charge is 2.28. The molecule has 1 atom stereocenters. The lowest BCUT2D eigenvalue weighted by molar-refractivity contribution is -0.133. The Morgan fingerprint density at radius 3 is 2.61 bits per heavy atom. The van der Waals surface area contributed by atoms with Gasteiger partial charge in [0, 0.05) is 39.5 Å². The number of likely N-dealkylation sites (tertiary alicyclic amines) is 1. The second-order valence-electron chi connectivity index (χ2n) is 7.03. The van der Waals surface area contributed by atoms with Crippen molar-refractivity contribution in [3.8, 4) is 0 Å². The first-order chi connectivity index (χ1) is 11.0. The van der Waals surface area contributed by atoms with Crippen LogP contribution in [0.5, 0.6) is 0 Å². The van der Waals surface area contributed by atoms with Crippen LogP contribution < -0.4 is 0 Å². The second-order valence-corrected chi connectivity index (χ2v) is 7.03. The number of carbonyl (C=O) groups is 2. The SMILES string of the molecule is CC(C)CC(=O)N1CC[C@H](CC(=O)N(C)Cc2ccccc2)C1. The first kappa shape index (κ1) is 17.5. The summed E-state index contributed by atoms with van der Waals surface area (Å²) in [6, 6.07) is 10.0. The maximum absolute atomic E-state index is 12.4. The Morgan fingerprint density at radius 1 is 1.26 bits per heavy atom. The monoisotopic (exact) mass is 316 g/mol. The first-order valence-corrected chi connectivity index (χ1v) is 8.51. The Labute approximate surface area is 139 Å². The molecule has 0 aromatic heterocycles. The fourth-order valence-corrected chi connectivity index (χ4v) is 3.05. The van der Waals surface area contributed by atoms with Gasteiger partial charge in [-0.15, -0.1) is 0 Å². The Balaban J connectivity index is 1.78. The van der Waals surface area contributed by atoms with Crippen molar-refractivity contribution in [2.75, 3.05) is 20.1 Å². The van der Waals surface area contributed by atoms with Crippen molar-refractivity contribution >= 4 is 11.8 Å². The first-order valence-electron chi connectivity index (χ1n) is 8.51. The fourth-order valence-electron chi connectivity index (χ4n) is 3.05. The zero-order valence-electron chi connectivity index (χ0n) is 14.5. The van der Waals surface area contributed by atoms with E-state index in [1.165, 1.54) is 0 Å². The van der Waals surface area contributed by atoms with Crippen LogP contribution in [-0.2, 0) is 16.1 Å². The van der Waals surface area contributed by atoms with E-state index in [9.17, 15) is 9.59 Å². The third-order valence-corrected chi connectivity index (χ3v) is 4.37. The molecule has 0 aliphatic carbocycles. The molecule has 23 heavy (non-hydrogen) atoms. The lowest BCUT2D eigenvalue weighted by Crippen LogP contribution is -2.31. The molecule has 1 heterocycles. The van der Waals surface area contributed by atoms with Gasteiger partial charge in [-0.05, 0) is 23.8 Å². The highest BCUT2D eigenvalue weighted by molar-refractivity contribution is 5.78. The summed E-state index contributed by atoms with van der Waals surface area (Å²) in [6.45, 7) is 6.30. The average molecular weight is 316 g/mol. The van der Waals surface area contributed by atoms with Crippen molar-refractivity contribution in [2.24, 2.45) is 11.8 Å². The molecular weight excluding hydrogens is 288 g/mol. The molecule has 4 heteroatoms. The number of hydrogen-bond acceptors (Lipinski definition) is 2. The van der Waals surface area contributed by atoms with Crippen LogP contribution in [0.15, 0.2) is 30.3 Å². The fraction of sp³-hybridized carbons (Fsp3) is 0.579. The normalized spacial score (nSPS) is 17.6. The van der Waals surface area contributed by atoms with E-state index in [4.69, 9.17) is 0 Å². The molecule has 0 unspecified atom stereocenters. The van der Waals surface area contributed by atoms with Crippen molar-refractivity contribution in [1.29, 1.82) is 0 Å². The molecule has 0 saturated carbocycles. The van der Waals surface area contributed by atoms with E-state index in [1.807, 2.05) is 42.3 Å². The predicted octanol–water partition coefficient (Wildman–Crippen LogP) is 2.93. The Kier molecular flexibility index (Phi) is 6.20. The molecule has 0 N–H and O–H groups in total. The summed E-state index contributed by atoms with van der Waals surface area (Å²) in [5.74, 6) is 1.08. The van der Waals surface area contributed by atoms with Gasteiger partial charge in [0.15, 0.2) is 0 Å². The Bertz CT molecular complexity index is 527. The highest BCUT2D eigenvalue weighted by Crippen LogP contribution is 2.22. The van der Waals surface area contributed by atoms with E-state index < -0.39 is 0 Å². The number of carbonyl (C=O) groups excluding carboxylic acids is 2. The van der Waals surface area contributed by atoms with E-state index in [-0.39, 0.29) is 11.8 Å². The predicted molar refractivity (Wildman–Crippen MR) is 91.7 cm³/mol. The van der Waals surface area contributed by atoms with Gasteiger partial charge in [-0.2, -0.15) is 0 Å². The summed E-state index contributed by atoms with van der Waals surface area (Å²) < 4.78 is 0. The maximum Gasteiger partial charge on any atom is 0.222 e. The third-order valence-electron chi connectivity index (χ3n) is 4.37. The van der Waals surface area contributed by atoms with Gasteiger partial charge in [-0.3, -0.25) is 9.59 Å². The van der Waals surface area contributed by atoms with Gasteiger partial charge >= 0.3 is 0 Å².